The van der Waals surface area contributed by atoms with Crippen LogP contribution in [0.2, 0.25) is 5.02 Å². The lowest BCUT2D eigenvalue weighted by molar-refractivity contribution is 0.811. The highest BCUT2D eigenvalue weighted by atomic mass is 35.5. The Balaban J connectivity index is 1.86. The van der Waals surface area contributed by atoms with Crippen molar-refractivity contribution in [3.8, 4) is 6.07 Å². The second-order valence-corrected chi connectivity index (χ2v) is 7.24. The van der Waals surface area contributed by atoms with E-state index in [1.54, 1.807) is 11.3 Å². The Labute approximate surface area is 160 Å². The summed E-state index contributed by atoms with van der Waals surface area (Å²) in [6.07, 6.45) is 1.89. The van der Waals surface area contributed by atoms with E-state index in [2.05, 4.69) is 10.6 Å². The van der Waals surface area contributed by atoms with E-state index in [1.165, 1.54) is 0 Å². The van der Waals surface area contributed by atoms with Gasteiger partial charge in [-0.05, 0) is 47.4 Å². The largest absolute Gasteiger partial charge is 0.319 e. The fraction of sp³-hybridized carbons (Fsp3) is 0.0476. The molecule has 0 aliphatic carbocycles. The highest BCUT2D eigenvalue weighted by Gasteiger charge is 2.15. The van der Waals surface area contributed by atoms with Crippen LogP contribution >= 0.6 is 22.9 Å². The van der Waals surface area contributed by atoms with Crippen molar-refractivity contribution in [2.75, 3.05) is 0 Å². The van der Waals surface area contributed by atoms with Gasteiger partial charge >= 0.3 is 0 Å². The van der Waals surface area contributed by atoms with Crippen molar-refractivity contribution in [1.82, 2.24) is 9.55 Å². The molecule has 2 aromatic carbocycles. The second-order valence-electron chi connectivity index (χ2n) is 5.82. The molecule has 0 saturated carbocycles. The Morgan fingerprint density at radius 1 is 1.12 bits per heavy atom. The van der Waals surface area contributed by atoms with E-state index >= 15 is 0 Å². The van der Waals surface area contributed by atoms with Crippen LogP contribution in [0.25, 0.3) is 22.7 Å². The Bertz CT molecular complexity index is 1120. The highest BCUT2D eigenvalue weighted by Crippen LogP contribution is 2.25. The van der Waals surface area contributed by atoms with E-state index in [0.717, 1.165) is 21.5 Å². The number of benzene rings is 2. The number of nitrogens with zero attached hydrogens (tertiary/aromatic N) is 3. The number of imidazole rings is 1. The number of hydrogen-bond acceptors (Lipinski definition) is 3. The average Bonchev–Trinajstić information content (AvgIpc) is 3.30. The topological polar surface area (TPSA) is 41.6 Å². The summed E-state index contributed by atoms with van der Waals surface area (Å²) < 4.78 is 2.08. The van der Waals surface area contributed by atoms with Crippen LogP contribution < -0.4 is 0 Å². The average molecular weight is 376 g/mol. The minimum absolute atomic E-state index is 0.553. The van der Waals surface area contributed by atoms with Gasteiger partial charge in [0.15, 0.2) is 5.82 Å². The molecule has 5 heteroatoms. The zero-order valence-corrected chi connectivity index (χ0v) is 15.3. The zero-order chi connectivity index (χ0) is 17.9. The third-order valence-electron chi connectivity index (χ3n) is 4.10. The molecule has 0 spiro atoms. The lowest BCUT2D eigenvalue weighted by Crippen LogP contribution is -2.04. The first-order valence-electron chi connectivity index (χ1n) is 8.10. The smallest absolute Gasteiger partial charge is 0.152 e. The van der Waals surface area contributed by atoms with E-state index in [4.69, 9.17) is 16.6 Å². The SMILES string of the molecule is N#C/C(=C/c1cccs1)c1nc2ccccc2n1Cc1ccc(Cl)cc1. The number of thiophene rings is 1. The first-order chi connectivity index (χ1) is 12.7. The molecule has 0 N–H and O–H groups in total. The summed E-state index contributed by atoms with van der Waals surface area (Å²) in [6, 6.07) is 22.0. The summed E-state index contributed by atoms with van der Waals surface area (Å²) >= 11 is 7.60. The lowest BCUT2D eigenvalue weighted by atomic mass is 10.2. The Morgan fingerprint density at radius 2 is 1.92 bits per heavy atom. The molecule has 126 valence electrons. The molecule has 0 atom stereocenters. The van der Waals surface area contributed by atoms with Gasteiger partial charge in [0, 0.05) is 16.4 Å². The lowest BCUT2D eigenvalue weighted by Gasteiger charge is -2.09. The number of allylic oxidation sites excluding steroid dienone is 1. The van der Waals surface area contributed by atoms with Crippen molar-refractivity contribution < 1.29 is 0 Å². The van der Waals surface area contributed by atoms with Crippen LogP contribution in [0, 0.1) is 11.3 Å². The van der Waals surface area contributed by atoms with Crippen molar-refractivity contribution in [3.63, 3.8) is 0 Å². The van der Waals surface area contributed by atoms with Crippen molar-refractivity contribution in [1.29, 1.82) is 5.26 Å². The quantitative estimate of drug-likeness (QED) is 0.419. The van der Waals surface area contributed by atoms with Gasteiger partial charge in [0.05, 0.1) is 16.6 Å². The monoisotopic (exact) mass is 375 g/mol. The van der Waals surface area contributed by atoms with Crippen LogP contribution in [0.15, 0.2) is 66.0 Å². The molecule has 26 heavy (non-hydrogen) atoms. The molecular weight excluding hydrogens is 362 g/mol. The molecule has 3 nitrogen and oxygen atoms in total. The first-order valence-corrected chi connectivity index (χ1v) is 9.36. The Kier molecular flexibility index (Phi) is 4.57. The van der Waals surface area contributed by atoms with Crippen LogP contribution in [-0.2, 0) is 6.54 Å². The first kappa shape index (κ1) is 16.6. The highest BCUT2D eigenvalue weighted by molar-refractivity contribution is 7.10. The van der Waals surface area contributed by atoms with Crippen LogP contribution in [0.1, 0.15) is 16.3 Å². The summed E-state index contributed by atoms with van der Waals surface area (Å²) in [5.74, 6) is 0.678. The summed E-state index contributed by atoms with van der Waals surface area (Å²) in [4.78, 5) is 5.76. The summed E-state index contributed by atoms with van der Waals surface area (Å²) in [6.45, 7) is 0.622. The van der Waals surface area contributed by atoms with Crippen LogP contribution in [-0.4, -0.2) is 9.55 Å². The van der Waals surface area contributed by atoms with Crippen LogP contribution in [0.3, 0.4) is 0 Å². The minimum Gasteiger partial charge on any atom is -0.319 e. The number of rotatable bonds is 4. The number of nitriles is 1. The molecule has 0 amide bonds. The molecule has 4 rings (SSSR count). The molecule has 0 saturated heterocycles. The number of para-hydroxylation sites is 2. The molecule has 0 unspecified atom stereocenters. The van der Waals surface area contributed by atoms with E-state index in [1.807, 2.05) is 72.1 Å². The Morgan fingerprint density at radius 3 is 2.65 bits per heavy atom. The summed E-state index contributed by atoms with van der Waals surface area (Å²) in [5.41, 5.74) is 3.54. The molecule has 0 fully saturated rings. The zero-order valence-electron chi connectivity index (χ0n) is 13.8. The molecule has 0 radical (unpaired) electrons. The fourth-order valence-electron chi connectivity index (χ4n) is 2.88. The number of hydrogen-bond donors (Lipinski definition) is 0. The normalized spacial score (nSPS) is 11.6. The van der Waals surface area contributed by atoms with Gasteiger partial charge in [0.1, 0.15) is 6.07 Å². The molecule has 2 heterocycles. The third-order valence-corrected chi connectivity index (χ3v) is 5.17. The number of halogens is 1. The van der Waals surface area contributed by atoms with Gasteiger partial charge in [0.2, 0.25) is 0 Å². The molecular formula is C21H14ClN3S. The number of aromatic nitrogens is 2. The Hall–Kier alpha value is -2.87. The summed E-state index contributed by atoms with van der Waals surface area (Å²) in [5, 5.41) is 12.5. The minimum atomic E-state index is 0.553. The van der Waals surface area contributed by atoms with E-state index < -0.39 is 0 Å². The third kappa shape index (κ3) is 3.28. The maximum absolute atomic E-state index is 9.75. The predicted molar refractivity (Wildman–Crippen MR) is 108 cm³/mol. The predicted octanol–water partition coefficient (Wildman–Crippen LogP) is 5.86. The molecule has 2 aromatic heterocycles. The van der Waals surface area contributed by atoms with Crippen molar-refractivity contribution in [3.05, 3.63) is 87.3 Å². The number of fused-ring (bicyclic) bond motifs is 1. The van der Waals surface area contributed by atoms with E-state index in [-0.39, 0.29) is 0 Å². The molecule has 0 bridgehead atoms. The van der Waals surface area contributed by atoms with Crippen molar-refractivity contribution in [2.24, 2.45) is 0 Å². The van der Waals surface area contributed by atoms with Gasteiger partial charge in [-0.1, -0.05) is 41.9 Å². The van der Waals surface area contributed by atoms with E-state index in [9.17, 15) is 5.26 Å². The maximum atomic E-state index is 9.75. The van der Waals surface area contributed by atoms with Gasteiger partial charge in [-0.25, -0.2) is 4.98 Å². The van der Waals surface area contributed by atoms with Gasteiger partial charge < -0.3 is 4.57 Å². The molecule has 4 aromatic rings. The van der Waals surface area contributed by atoms with Gasteiger partial charge in [-0.2, -0.15) is 5.26 Å². The summed E-state index contributed by atoms with van der Waals surface area (Å²) in [7, 11) is 0. The van der Waals surface area contributed by atoms with Crippen molar-refractivity contribution >= 4 is 45.6 Å². The standard InChI is InChI=1S/C21H14ClN3S/c22-17-9-7-15(8-10-17)14-25-20-6-2-1-5-19(20)24-21(25)16(13-23)12-18-4-3-11-26-18/h1-12H,14H2/b16-12-. The van der Waals surface area contributed by atoms with Gasteiger partial charge in [-0.15, -0.1) is 11.3 Å². The molecule has 0 aliphatic heterocycles. The van der Waals surface area contributed by atoms with Gasteiger partial charge in [0.25, 0.3) is 0 Å². The van der Waals surface area contributed by atoms with Crippen molar-refractivity contribution in [2.45, 2.75) is 6.54 Å². The van der Waals surface area contributed by atoms with Crippen LogP contribution in [0.4, 0.5) is 0 Å². The maximum Gasteiger partial charge on any atom is 0.152 e. The second kappa shape index (κ2) is 7.17. The van der Waals surface area contributed by atoms with E-state index in [0.29, 0.717) is 23.0 Å². The molecule has 0 aliphatic rings. The fourth-order valence-corrected chi connectivity index (χ4v) is 3.66. The van der Waals surface area contributed by atoms with Gasteiger partial charge in [-0.3, -0.25) is 0 Å². The van der Waals surface area contributed by atoms with Crippen LogP contribution in [0.5, 0.6) is 0 Å².